The van der Waals surface area contributed by atoms with Crippen LogP contribution in [0.1, 0.15) is 380 Å². The smallest absolute Gasteiger partial charge is 0.220 e. The summed E-state index contributed by atoms with van der Waals surface area (Å²) in [4.78, 5) is 13.6. The second-order valence-corrected chi connectivity index (χ2v) is 33.1. The maximum Gasteiger partial charge on any atom is 0.220 e. The van der Waals surface area contributed by atoms with Gasteiger partial charge in [0.15, 0.2) is 18.9 Å². The van der Waals surface area contributed by atoms with E-state index in [-0.39, 0.29) is 18.9 Å². The summed E-state index contributed by atoms with van der Waals surface area (Å²) in [6, 6.07) is -0.894. The average Bonchev–Trinajstić information content (AvgIpc) is 0.777. The maximum absolute atomic E-state index is 13.6. The van der Waals surface area contributed by atoms with Gasteiger partial charge in [-0.05, 0) is 70.6 Å². The largest absolute Gasteiger partial charge is 0.394 e. The average molecular weight is 1620 g/mol. The molecule has 114 heavy (non-hydrogen) atoms. The molecule has 0 radical (unpaired) electrons. The van der Waals surface area contributed by atoms with Crippen LogP contribution in [0.15, 0.2) is 85.1 Å². The number of ether oxygens (including phenoxy) is 6. The summed E-state index contributed by atoms with van der Waals surface area (Å²) in [5.41, 5.74) is 0. The molecule has 19 nitrogen and oxygen atoms in total. The highest BCUT2D eigenvalue weighted by atomic mass is 16.8. The highest BCUT2D eigenvalue weighted by molar-refractivity contribution is 5.76. The molecule has 0 spiro atoms. The molecule has 3 fully saturated rings. The van der Waals surface area contributed by atoms with Crippen molar-refractivity contribution in [1.29, 1.82) is 0 Å². The number of carbonyl (C=O) groups excluding carboxylic acids is 1. The fourth-order valence-electron chi connectivity index (χ4n) is 15.6. The number of unbranched alkanes of at least 4 members (excludes halogenated alkanes) is 46. The van der Waals surface area contributed by atoms with Crippen LogP contribution in [0.4, 0.5) is 0 Å². The zero-order chi connectivity index (χ0) is 82.4. The number of aliphatic hydroxyl groups is 11. The molecule has 19 heteroatoms. The van der Waals surface area contributed by atoms with E-state index in [1.54, 1.807) is 0 Å². The van der Waals surface area contributed by atoms with Crippen LogP contribution in [0.5, 0.6) is 0 Å². The molecule has 3 saturated heterocycles. The van der Waals surface area contributed by atoms with Crippen LogP contribution in [0.2, 0.25) is 0 Å². The number of allylic oxidation sites excluding steroid dienone is 14. The predicted octanol–water partition coefficient (Wildman–Crippen LogP) is 18.5. The Hall–Kier alpha value is -3.03. The summed E-state index contributed by atoms with van der Waals surface area (Å²) in [7, 11) is 0. The third-order valence-electron chi connectivity index (χ3n) is 23.0. The van der Waals surface area contributed by atoms with E-state index in [4.69, 9.17) is 28.4 Å². The lowest BCUT2D eigenvalue weighted by atomic mass is 9.96. The Labute approximate surface area is 692 Å². The molecule has 3 aliphatic heterocycles. The van der Waals surface area contributed by atoms with Crippen LogP contribution >= 0.6 is 0 Å². The molecule has 664 valence electrons. The number of hydrogen-bond donors (Lipinski definition) is 12. The van der Waals surface area contributed by atoms with E-state index in [2.05, 4.69) is 104 Å². The lowest BCUT2D eigenvalue weighted by molar-refractivity contribution is -0.379. The maximum atomic E-state index is 13.6. The molecule has 17 atom stereocenters. The predicted molar refractivity (Wildman–Crippen MR) is 461 cm³/mol. The standard InChI is InChI=1S/C95H171NO18/c1-3-5-7-9-11-13-15-17-19-21-23-25-27-29-31-33-35-37-38-39-40-41-43-45-47-49-51-53-55-57-59-61-63-65-67-69-71-73-83(101)96-78(79(100)72-70-68-66-64-62-60-58-56-54-52-50-48-46-44-42-36-34-32-30-28-26-24-22-20-18-16-14-12-10-8-6-4-2)77-109-93-89(107)86(104)91(81(75-98)111-93)114-95-90(108)87(105)92(82(76-99)112-95)113-94-88(106)85(103)84(102)80(74-97)110-94/h5,7,11,13,17,19,23,25,29,31,35,37,39-40,78-82,84-95,97-100,102-108H,3-4,6,8-10,12,14-16,18,20-22,24,26-28,30,32-34,36,38,41-77H2,1-2H3,(H,96,101)/b7-5-,13-11-,19-17-,25-23-,31-29-,37-35-,40-39-. The Morgan fingerprint density at radius 3 is 0.947 bits per heavy atom. The van der Waals surface area contributed by atoms with Crippen molar-refractivity contribution in [3.8, 4) is 0 Å². The molecule has 3 aliphatic rings. The zero-order valence-electron chi connectivity index (χ0n) is 71.8. The van der Waals surface area contributed by atoms with Gasteiger partial charge in [0.1, 0.15) is 73.2 Å². The van der Waals surface area contributed by atoms with Crippen molar-refractivity contribution in [2.24, 2.45) is 0 Å². The quantitative estimate of drug-likeness (QED) is 0.0199. The molecule has 0 aliphatic carbocycles. The number of amides is 1. The monoisotopic (exact) mass is 1610 g/mol. The van der Waals surface area contributed by atoms with Crippen LogP contribution in [-0.2, 0) is 33.2 Å². The zero-order valence-corrected chi connectivity index (χ0v) is 71.8. The van der Waals surface area contributed by atoms with Crippen molar-refractivity contribution >= 4 is 5.91 Å². The Bertz CT molecular complexity index is 2380. The Balaban J connectivity index is 1.31. The lowest BCUT2D eigenvalue weighted by Gasteiger charge is -2.48. The molecule has 17 unspecified atom stereocenters. The van der Waals surface area contributed by atoms with E-state index in [0.717, 1.165) is 96.3 Å². The molecule has 0 saturated carbocycles. The van der Waals surface area contributed by atoms with E-state index in [0.29, 0.717) is 12.8 Å². The van der Waals surface area contributed by atoms with Gasteiger partial charge >= 0.3 is 0 Å². The Morgan fingerprint density at radius 2 is 0.605 bits per heavy atom. The van der Waals surface area contributed by atoms with Crippen LogP contribution in [-0.4, -0.2) is 193 Å². The van der Waals surface area contributed by atoms with Crippen molar-refractivity contribution in [3.63, 3.8) is 0 Å². The summed E-state index contributed by atoms with van der Waals surface area (Å²) < 4.78 is 34.6. The van der Waals surface area contributed by atoms with Gasteiger partial charge in [0.25, 0.3) is 0 Å². The minimum Gasteiger partial charge on any atom is -0.394 e. The van der Waals surface area contributed by atoms with Crippen molar-refractivity contribution in [2.75, 3.05) is 26.4 Å². The number of nitrogens with one attached hydrogen (secondary N) is 1. The Morgan fingerprint density at radius 1 is 0.325 bits per heavy atom. The summed E-state index contributed by atoms with van der Waals surface area (Å²) in [6.07, 6.45) is 74.1. The van der Waals surface area contributed by atoms with Gasteiger partial charge in [-0.25, -0.2) is 0 Å². The topological polar surface area (TPSA) is 307 Å². The van der Waals surface area contributed by atoms with Crippen LogP contribution in [0, 0.1) is 0 Å². The first-order valence-electron chi connectivity index (χ1n) is 46.8. The minimum absolute atomic E-state index is 0.240. The van der Waals surface area contributed by atoms with E-state index in [9.17, 15) is 61.0 Å². The minimum atomic E-state index is -1.98. The highest BCUT2D eigenvalue weighted by Gasteiger charge is 2.54. The van der Waals surface area contributed by atoms with Crippen LogP contribution < -0.4 is 5.32 Å². The van der Waals surface area contributed by atoms with Crippen molar-refractivity contribution in [1.82, 2.24) is 5.32 Å². The molecule has 3 rings (SSSR count). The third kappa shape index (κ3) is 51.6. The Kier molecular flexibility index (Phi) is 68.1. The van der Waals surface area contributed by atoms with Gasteiger partial charge in [0, 0.05) is 6.42 Å². The summed E-state index contributed by atoms with van der Waals surface area (Å²) in [5.74, 6) is -0.240. The molecular formula is C95H171NO18. The fourth-order valence-corrected chi connectivity index (χ4v) is 15.6. The van der Waals surface area contributed by atoms with Gasteiger partial charge < -0.3 is 89.9 Å². The van der Waals surface area contributed by atoms with Crippen LogP contribution in [0.25, 0.3) is 0 Å². The van der Waals surface area contributed by atoms with E-state index in [1.165, 1.54) is 250 Å². The molecule has 3 heterocycles. The number of carbonyl (C=O) groups is 1. The molecular weight excluding hydrogens is 1440 g/mol. The van der Waals surface area contributed by atoms with Crippen LogP contribution in [0.3, 0.4) is 0 Å². The van der Waals surface area contributed by atoms with E-state index >= 15 is 0 Å². The van der Waals surface area contributed by atoms with Gasteiger partial charge in [-0.3, -0.25) is 4.79 Å². The molecule has 0 aromatic carbocycles. The number of rotatable bonds is 76. The van der Waals surface area contributed by atoms with Gasteiger partial charge in [-0.2, -0.15) is 0 Å². The van der Waals surface area contributed by atoms with Gasteiger partial charge in [0.2, 0.25) is 5.91 Å². The number of aliphatic hydroxyl groups excluding tert-OH is 11. The first kappa shape index (κ1) is 105. The molecule has 12 N–H and O–H groups in total. The highest BCUT2D eigenvalue weighted by Crippen LogP contribution is 2.34. The van der Waals surface area contributed by atoms with Gasteiger partial charge in [-0.1, -0.05) is 388 Å². The van der Waals surface area contributed by atoms with Gasteiger partial charge in [0.05, 0.1) is 38.6 Å². The van der Waals surface area contributed by atoms with Gasteiger partial charge in [-0.15, -0.1) is 0 Å². The van der Waals surface area contributed by atoms with Crippen molar-refractivity contribution < 1.29 is 89.4 Å². The summed E-state index contributed by atoms with van der Waals surface area (Å²) in [6.45, 7) is 1.74. The summed E-state index contributed by atoms with van der Waals surface area (Å²) >= 11 is 0. The first-order valence-corrected chi connectivity index (χ1v) is 46.8. The molecule has 0 bridgehead atoms. The fraction of sp³-hybridized carbons (Fsp3) is 0.842. The van der Waals surface area contributed by atoms with Crippen molar-refractivity contribution in [3.05, 3.63) is 85.1 Å². The third-order valence-corrected chi connectivity index (χ3v) is 23.0. The summed E-state index contributed by atoms with van der Waals surface area (Å²) in [5, 5.41) is 121. The molecule has 0 aromatic rings. The molecule has 0 aromatic heterocycles. The SMILES string of the molecule is CC/C=C\C/C=C\C/C=C\C/C=C\C/C=C\C/C=C\C/C=C\CCCCCCCCCCCCCCCCCC(=O)NC(COC1OC(CO)C(OC2OC(CO)C(OC3OC(CO)C(O)C(O)C3O)C(O)C2O)C(O)C1O)C(O)CCCCCCCCCCCCCCCCCCCCCCCCCCCCCCCCCC. The first-order chi connectivity index (χ1) is 55.8. The number of hydrogen-bond acceptors (Lipinski definition) is 18. The van der Waals surface area contributed by atoms with Crippen molar-refractivity contribution in [2.45, 2.75) is 484 Å². The van der Waals surface area contributed by atoms with E-state index < -0.39 is 124 Å². The second kappa shape index (κ2) is 73.9. The second-order valence-electron chi connectivity index (χ2n) is 33.1. The normalized spacial score (nSPS) is 25.1. The molecule has 1 amide bonds. The van der Waals surface area contributed by atoms with E-state index in [1.807, 2.05) is 0 Å². The lowest BCUT2D eigenvalue weighted by Crippen LogP contribution is -2.66.